The van der Waals surface area contributed by atoms with E-state index in [1.165, 1.54) is 0 Å². The molecule has 0 fully saturated rings. The fourth-order valence-corrected chi connectivity index (χ4v) is 2.48. The summed E-state index contributed by atoms with van der Waals surface area (Å²) in [6.45, 7) is 3.84. The molecule has 21 heavy (non-hydrogen) atoms. The zero-order chi connectivity index (χ0) is 15.5. The topological polar surface area (TPSA) is 55.1 Å². The van der Waals surface area contributed by atoms with E-state index in [0.29, 0.717) is 6.42 Å². The molecule has 1 amide bonds. The van der Waals surface area contributed by atoms with Crippen LogP contribution < -0.4 is 11.1 Å². The number of hydrogen-bond donors (Lipinski definition) is 2. The van der Waals surface area contributed by atoms with Gasteiger partial charge in [0.05, 0.1) is 0 Å². The van der Waals surface area contributed by atoms with Gasteiger partial charge in [0.1, 0.15) is 5.54 Å². The molecule has 1 unspecified atom stereocenters. The van der Waals surface area contributed by atoms with Crippen molar-refractivity contribution in [1.82, 2.24) is 0 Å². The number of primary amides is 1. The second-order valence-corrected chi connectivity index (χ2v) is 6.36. The van der Waals surface area contributed by atoms with Crippen molar-refractivity contribution in [2.45, 2.75) is 25.8 Å². The van der Waals surface area contributed by atoms with Crippen LogP contribution in [0.1, 0.15) is 18.1 Å². The van der Waals surface area contributed by atoms with Crippen LogP contribution >= 0.6 is 15.9 Å². The largest absolute Gasteiger partial charge is 0.371 e. The maximum atomic E-state index is 12.0. The molecule has 0 aliphatic rings. The van der Waals surface area contributed by atoms with Crippen LogP contribution in [0.4, 0.5) is 5.69 Å². The molecule has 3 nitrogen and oxygen atoms in total. The summed E-state index contributed by atoms with van der Waals surface area (Å²) in [5.41, 5.74) is 7.87. The number of rotatable bonds is 5. The van der Waals surface area contributed by atoms with E-state index >= 15 is 0 Å². The second-order valence-electron chi connectivity index (χ2n) is 5.44. The number of nitrogens with two attached hydrogens (primary N) is 1. The Morgan fingerprint density at radius 1 is 1.19 bits per heavy atom. The Labute approximate surface area is 133 Å². The molecule has 2 aromatic rings. The first-order chi connectivity index (χ1) is 9.90. The maximum Gasteiger partial charge on any atom is 0.243 e. The number of halogens is 1. The average molecular weight is 347 g/mol. The lowest BCUT2D eigenvalue weighted by molar-refractivity contribution is -0.121. The van der Waals surface area contributed by atoms with Crippen LogP contribution in [0.3, 0.4) is 0 Å². The molecular weight excluding hydrogens is 328 g/mol. The van der Waals surface area contributed by atoms with Gasteiger partial charge >= 0.3 is 0 Å². The Morgan fingerprint density at radius 2 is 1.81 bits per heavy atom. The fraction of sp³-hybridized carbons (Fsp3) is 0.235. The molecule has 0 heterocycles. The van der Waals surface area contributed by atoms with Crippen molar-refractivity contribution < 1.29 is 4.79 Å². The Hall–Kier alpha value is -1.81. The van der Waals surface area contributed by atoms with Gasteiger partial charge in [0.2, 0.25) is 5.91 Å². The SMILES string of the molecule is Cc1ccccc1NC(C)(Cc1ccc(Br)cc1)C(N)=O. The molecule has 0 spiro atoms. The summed E-state index contributed by atoms with van der Waals surface area (Å²) in [6.07, 6.45) is 0.532. The van der Waals surface area contributed by atoms with Crippen LogP contribution in [0, 0.1) is 6.92 Å². The third-order valence-corrected chi connectivity index (χ3v) is 4.10. The number of hydrogen-bond acceptors (Lipinski definition) is 2. The fourth-order valence-electron chi connectivity index (χ4n) is 2.21. The lowest BCUT2D eigenvalue weighted by Crippen LogP contribution is -2.49. The van der Waals surface area contributed by atoms with Crippen molar-refractivity contribution in [3.63, 3.8) is 0 Å². The van der Waals surface area contributed by atoms with Crippen LogP contribution in [0.5, 0.6) is 0 Å². The summed E-state index contributed by atoms with van der Waals surface area (Å²) in [5.74, 6) is -0.367. The highest BCUT2D eigenvalue weighted by molar-refractivity contribution is 9.10. The summed E-state index contributed by atoms with van der Waals surface area (Å²) in [5, 5.41) is 3.30. The van der Waals surface area contributed by atoms with E-state index < -0.39 is 5.54 Å². The van der Waals surface area contributed by atoms with Gasteiger partial charge in [0.25, 0.3) is 0 Å². The van der Waals surface area contributed by atoms with Crippen molar-refractivity contribution in [3.8, 4) is 0 Å². The highest BCUT2D eigenvalue weighted by Gasteiger charge is 2.31. The summed E-state index contributed by atoms with van der Waals surface area (Å²) >= 11 is 3.41. The number of amides is 1. The third kappa shape index (κ3) is 3.85. The lowest BCUT2D eigenvalue weighted by Gasteiger charge is -2.29. The van der Waals surface area contributed by atoms with E-state index in [4.69, 9.17) is 5.73 Å². The van der Waals surface area contributed by atoms with Gasteiger partial charge in [-0.2, -0.15) is 0 Å². The highest BCUT2D eigenvalue weighted by Crippen LogP contribution is 2.23. The van der Waals surface area contributed by atoms with Gasteiger partial charge in [0.15, 0.2) is 0 Å². The molecular formula is C17H19BrN2O. The van der Waals surface area contributed by atoms with Crippen molar-refractivity contribution in [2.24, 2.45) is 5.73 Å². The van der Waals surface area contributed by atoms with Gasteiger partial charge < -0.3 is 11.1 Å². The summed E-state index contributed by atoms with van der Waals surface area (Å²) < 4.78 is 1.01. The van der Waals surface area contributed by atoms with Crippen LogP contribution in [0.2, 0.25) is 0 Å². The van der Waals surface area contributed by atoms with E-state index in [9.17, 15) is 4.79 Å². The first kappa shape index (κ1) is 15.6. The molecule has 4 heteroatoms. The molecule has 0 aliphatic heterocycles. The molecule has 0 aliphatic carbocycles. The van der Waals surface area contributed by atoms with Crippen LogP contribution in [0.15, 0.2) is 53.0 Å². The van der Waals surface area contributed by atoms with Crippen molar-refractivity contribution in [2.75, 3.05) is 5.32 Å². The standard InChI is InChI=1S/C17H19BrN2O/c1-12-5-3-4-6-15(12)20-17(2,16(19)21)11-13-7-9-14(18)10-8-13/h3-10,20H,11H2,1-2H3,(H2,19,21). The quantitative estimate of drug-likeness (QED) is 0.867. The van der Waals surface area contributed by atoms with Gasteiger partial charge in [-0.05, 0) is 43.2 Å². The Kier molecular flexibility index (Phi) is 4.68. The van der Waals surface area contributed by atoms with Gasteiger partial charge in [-0.1, -0.05) is 46.3 Å². The van der Waals surface area contributed by atoms with Gasteiger partial charge in [-0.15, -0.1) is 0 Å². The van der Waals surface area contributed by atoms with E-state index in [-0.39, 0.29) is 5.91 Å². The number of nitrogens with one attached hydrogen (secondary N) is 1. The molecule has 2 rings (SSSR count). The van der Waals surface area contributed by atoms with E-state index in [2.05, 4.69) is 21.2 Å². The molecule has 0 radical (unpaired) electrons. The summed E-state index contributed by atoms with van der Waals surface area (Å²) in [6, 6.07) is 15.8. The molecule has 0 saturated carbocycles. The van der Waals surface area contributed by atoms with Crippen molar-refractivity contribution in [1.29, 1.82) is 0 Å². The minimum Gasteiger partial charge on any atom is -0.371 e. The minimum absolute atomic E-state index is 0.367. The molecule has 0 aromatic heterocycles. The predicted molar refractivity (Wildman–Crippen MR) is 90.2 cm³/mol. The third-order valence-electron chi connectivity index (χ3n) is 3.57. The van der Waals surface area contributed by atoms with Crippen LogP contribution in [0.25, 0.3) is 0 Å². The molecule has 3 N–H and O–H groups in total. The number of para-hydroxylation sites is 1. The Balaban J connectivity index is 2.26. The number of benzene rings is 2. The molecule has 2 aromatic carbocycles. The Morgan fingerprint density at radius 3 is 2.38 bits per heavy atom. The number of carbonyl (C=O) groups excluding carboxylic acids is 1. The summed E-state index contributed by atoms with van der Waals surface area (Å²) in [4.78, 5) is 12.0. The van der Waals surface area contributed by atoms with Gasteiger partial charge in [-0.3, -0.25) is 4.79 Å². The molecule has 1 atom stereocenters. The average Bonchev–Trinajstić information content (AvgIpc) is 2.44. The predicted octanol–water partition coefficient (Wildman–Crippen LogP) is 3.66. The minimum atomic E-state index is -0.833. The second kappa shape index (κ2) is 6.31. The Bertz CT molecular complexity index is 639. The molecule has 0 bridgehead atoms. The monoisotopic (exact) mass is 346 g/mol. The number of anilines is 1. The normalized spacial score (nSPS) is 13.5. The van der Waals surface area contributed by atoms with E-state index in [1.807, 2.05) is 62.4 Å². The highest BCUT2D eigenvalue weighted by atomic mass is 79.9. The zero-order valence-electron chi connectivity index (χ0n) is 12.2. The van der Waals surface area contributed by atoms with Crippen molar-refractivity contribution in [3.05, 3.63) is 64.1 Å². The van der Waals surface area contributed by atoms with Crippen molar-refractivity contribution >= 4 is 27.5 Å². The first-order valence-corrected chi connectivity index (χ1v) is 7.58. The van der Waals surface area contributed by atoms with E-state index in [1.54, 1.807) is 0 Å². The lowest BCUT2D eigenvalue weighted by atomic mass is 9.91. The van der Waals surface area contributed by atoms with E-state index in [0.717, 1.165) is 21.3 Å². The molecule has 0 saturated heterocycles. The molecule has 110 valence electrons. The number of aryl methyl sites for hydroxylation is 1. The summed E-state index contributed by atoms with van der Waals surface area (Å²) in [7, 11) is 0. The zero-order valence-corrected chi connectivity index (χ0v) is 13.8. The van der Waals surface area contributed by atoms with Gasteiger partial charge in [-0.25, -0.2) is 0 Å². The van der Waals surface area contributed by atoms with Crippen LogP contribution in [-0.2, 0) is 11.2 Å². The van der Waals surface area contributed by atoms with Gasteiger partial charge in [0, 0.05) is 16.6 Å². The first-order valence-electron chi connectivity index (χ1n) is 6.79. The number of carbonyl (C=O) groups is 1. The van der Waals surface area contributed by atoms with Crippen LogP contribution in [-0.4, -0.2) is 11.4 Å². The maximum absolute atomic E-state index is 12.0. The smallest absolute Gasteiger partial charge is 0.243 e.